The third-order valence-corrected chi connectivity index (χ3v) is 19.7. The molecule has 0 aliphatic rings. The Morgan fingerprint density at radius 1 is 0.308 bits per heavy atom. The highest BCUT2D eigenvalue weighted by Crippen LogP contribution is 2.20. The molecule has 0 rings (SSSR count). The molecular weight excluding hydrogens is 1110 g/mol. The van der Waals surface area contributed by atoms with Gasteiger partial charge in [-0.15, -0.1) is 0 Å². The Morgan fingerprint density at radius 2 is 0.549 bits per heavy atom. The topological polar surface area (TPSA) is 95.9 Å². The minimum absolute atomic E-state index is 0.0114. The first kappa shape index (κ1) is 89.1. The van der Waals surface area contributed by atoms with E-state index < -0.39 is 12.1 Å². The van der Waals surface area contributed by atoms with Crippen molar-refractivity contribution in [3.63, 3.8) is 0 Å². The van der Waals surface area contributed by atoms with Crippen LogP contribution in [0.15, 0.2) is 36.5 Å². The number of aliphatic hydroxyl groups is 2. The molecule has 0 aromatic rings. The van der Waals surface area contributed by atoms with E-state index in [2.05, 4.69) is 55.6 Å². The number of amides is 1. The normalized spacial score (nSPS) is 12.6. The molecule has 0 radical (unpaired) electrons. The summed E-state index contributed by atoms with van der Waals surface area (Å²) in [4.78, 5) is 24.7. The standard InChI is InChI=1S/C85H163NO5/c1-3-5-7-9-11-13-15-17-19-21-22-23-24-33-36-39-42-46-49-53-57-61-65-69-73-77-83(88)82(81-87)86-84(89)78-74-70-66-62-58-54-50-47-43-40-37-34-31-29-27-25-26-28-30-32-35-38-41-44-48-52-56-60-64-68-72-76-80-91-85(90)79-75-71-67-63-59-55-51-45-20-18-16-14-12-10-8-6-4-2/h12,14,18,20,28,30,82-83,87-88H,3-11,13,15-17,19,21-27,29,31-81H2,1-2H3,(H,86,89)/b14-12-,20-18-,30-28-. The van der Waals surface area contributed by atoms with Crippen LogP contribution in [0.4, 0.5) is 0 Å². The smallest absolute Gasteiger partial charge is 0.305 e. The fourth-order valence-corrected chi connectivity index (χ4v) is 13.3. The molecule has 91 heavy (non-hydrogen) atoms. The summed E-state index contributed by atoms with van der Waals surface area (Å²) in [5, 5.41) is 23.5. The van der Waals surface area contributed by atoms with Gasteiger partial charge >= 0.3 is 5.97 Å². The fourth-order valence-electron chi connectivity index (χ4n) is 13.3. The molecule has 0 fully saturated rings. The van der Waals surface area contributed by atoms with Gasteiger partial charge in [0.25, 0.3) is 0 Å². The van der Waals surface area contributed by atoms with E-state index in [9.17, 15) is 19.8 Å². The van der Waals surface area contributed by atoms with Gasteiger partial charge in [-0.25, -0.2) is 0 Å². The number of rotatable bonds is 79. The average Bonchev–Trinajstić information content (AvgIpc) is 3.66. The lowest BCUT2D eigenvalue weighted by Crippen LogP contribution is -2.45. The van der Waals surface area contributed by atoms with Crippen LogP contribution in [0.5, 0.6) is 0 Å². The number of ether oxygens (including phenoxy) is 1. The lowest BCUT2D eigenvalue weighted by Gasteiger charge is -2.22. The third kappa shape index (κ3) is 77.0. The number of hydrogen-bond acceptors (Lipinski definition) is 5. The van der Waals surface area contributed by atoms with Crippen LogP contribution >= 0.6 is 0 Å². The summed E-state index contributed by atoms with van der Waals surface area (Å²) in [6.45, 7) is 4.98. The van der Waals surface area contributed by atoms with Gasteiger partial charge in [0, 0.05) is 12.8 Å². The molecule has 0 aromatic heterocycles. The first-order chi connectivity index (χ1) is 45.0. The van der Waals surface area contributed by atoms with Crippen molar-refractivity contribution in [2.24, 2.45) is 0 Å². The van der Waals surface area contributed by atoms with E-state index in [-0.39, 0.29) is 18.5 Å². The Bertz CT molecular complexity index is 1470. The highest BCUT2D eigenvalue weighted by Gasteiger charge is 2.20. The monoisotopic (exact) mass is 1280 g/mol. The Hall–Kier alpha value is -1.92. The maximum absolute atomic E-state index is 12.6. The van der Waals surface area contributed by atoms with Crippen molar-refractivity contribution in [1.29, 1.82) is 0 Å². The maximum atomic E-state index is 12.6. The van der Waals surface area contributed by atoms with E-state index in [0.29, 0.717) is 25.9 Å². The first-order valence-electron chi connectivity index (χ1n) is 41.7. The average molecular weight is 1280 g/mol. The summed E-state index contributed by atoms with van der Waals surface area (Å²) >= 11 is 0. The summed E-state index contributed by atoms with van der Waals surface area (Å²) in [7, 11) is 0. The van der Waals surface area contributed by atoms with Crippen LogP contribution < -0.4 is 5.32 Å². The molecule has 3 N–H and O–H groups in total. The highest BCUT2D eigenvalue weighted by molar-refractivity contribution is 5.76. The molecule has 1 amide bonds. The van der Waals surface area contributed by atoms with Crippen LogP contribution in [0.1, 0.15) is 470 Å². The number of hydrogen-bond donors (Lipinski definition) is 3. The molecule has 0 aliphatic heterocycles. The van der Waals surface area contributed by atoms with E-state index in [0.717, 1.165) is 51.4 Å². The Labute approximate surface area is 570 Å². The number of esters is 1. The predicted molar refractivity (Wildman–Crippen MR) is 403 cm³/mol. The Balaban J connectivity index is 3.36. The van der Waals surface area contributed by atoms with E-state index >= 15 is 0 Å². The van der Waals surface area contributed by atoms with Gasteiger partial charge in [0.05, 0.1) is 25.4 Å². The Morgan fingerprint density at radius 3 is 0.868 bits per heavy atom. The van der Waals surface area contributed by atoms with Gasteiger partial charge < -0.3 is 20.3 Å². The summed E-state index contributed by atoms with van der Waals surface area (Å²) in [5.41, 5.74) is 0. The molecule has 0 saturated heterocycles. The van der Waals surface area contributed by atoms with E-state index in [4.69, 9.17) is 4.74 Å². The van der Waals surface area contributed by atoms with Crippen molar-refractivity contribution < 1.29 is 24.5 Å². The van der Waals surface area contributed by atoms with Gasteiger partial charge in [-0.2, -0.15) is 0 Å². The summed E-state index contributed by atoms with van der Waals surface area (Å²) in [6.07, 6.45) is 105. The molecule has 0 saturated carbocycles. The number of carbonyl (C=O) groups excluding carboxylic acids is 2. The number of unbranched alkanes of at least 4 members (excludes halogenated alkanes) is 62. The predicted octanol–water partition coefficient (Wildman–Crippen LogP) is 27.8. The van der Waals surface area contributed by atoms with Gasteiger partial charge in [0.2, 0.25) is 5.91 Å². The molecule has 2 unspecified atom stereocenters. The second kappa shape index (κ2) is 80.5. The summed E-state index contributed by atoms with van der Waals surface area (Å²) in [5.74, 6) is -0.0151. The van der Waals surface area contributed by atoms with Gasteiger partial charge in [-0.3, -0.25) is 9.59 Å². The lowest BCUT2D eigenvalue weighted by molar-refractivity contribution is -0.143. The van der Waals surface area contributed by atoms with Crippen molar-refractivity contribution in [1.82, 2.24) is 5.32 Å². The first-order valence-corrected chi connectivity index (χ1v) is 41.7. The molecule has 0 spiro atoms. The molecule has 6 nitrogen and oxygen atoms in total. The van der Waals surface area contributed by atoms with E-state index in [1.165, 1.54) is 385 Å². The second-order valence-corrected chi connectivity index (χ2v) is 28.8. The van der Waals surface area contributed by atoms with Crippen molar-refractivity contribution in [2.45, 2.75) is 482 Å². The molecular formula is C85H163NO5. The van der Waals surface area contributed by atoms with Crippen molar-refractivity contribution in [3.05, 3.63) is 36.5 Å². The zero-order valence-corrected chi connectivity index (χ0v) is 61.9. The van der Waals surface area contributed by atoms with Crippen molar-refractivity contribution >= 4 is 11.9 Å². The van der Waals surface area contributed by atoms with Gasteiger partial charge in [-0.1, -0.05) is 410 Å². The fraction of sp³-hybridized carbons (Fsp3) is 0.906. The van der Waals surface area contributed by atoms with E-state index in [1.54, 1.807) is 0 Å². The molecule has 0 aromatic carbocycles. The third-order valence-electron chi connectivity index (χ3n) is 19.7. The largest absolute Gasteiger partial charge is 0.466 e. The summed E-state index contributed by atoms with van der Waals surface area (Å²) < 4.78 is 5.51. The molecule has 0 aliphatic carbocycles. The van der Waals surface area contributed by atoms with Gasteiger partial charge in [0.1, 0.15) is 0 Å². The summed E-state index contributed by atoms with van der Waals surface area (Å²) in [6, 6.07) is -0.541. The lowest BCUT2D eigenvalue weighted by atomic mass is 10.0. The number of aliphatic hydroxyl groups excluding tert-OH is 2. The Kier molecular flexibility index (Phi) is 78.8. The molecule has 2 atom stereocenters. The van der Waals surface area contributed by atoms with Crippen LogP contribution in [0.2, 0.25) is 0 Å². The highest BCUT2D eigenvalue weighted by atomic mass is 16.5. The van der Waals surface area contributed by atoms with Gasteiger partial charge in [-0.05, 0) is 83.5 Å². The second-order valence-electron chi connectivity index (χ2n) is 28.8. The van der Waals surface area contributed by atoms with Crippen LogP contribution in [0.25, 0.3) is 0 Å². The van der Waals surface area contributed by atoms with Crippen molar-refractivity contribution in [2.75, 3.05) is 13.2 Å². The number of allylic oxidation sites excluding steroid dienone is 6. The zero-order chi connectivity index (χ0) is 65.6. The maximum Gasteiger partial charge on any atom is 0.305 e. The number of nitrogens with one attached hydrogen (secondary N) is 1. The van der Waals surface area contributed by atoms with Crippen LogP contribution in [0, 0.1) is 0 Å². The van der Waals surface area contributed by atoms with E-state index in [1.807, 2.05) is 0 Å². The van der Waals surface area contributed by atoms with Crippen molar-refractivity contribution in [3.8, 4) is 0 Å². The zero-order valence-electron chi connectivity index (χ0n) is 61.9. The quantitative estimate of drug-likeness (QED) is 0.0320. The van der Waals surface area contributed by atoms with Crippen LogP contribution in [-0.4, -0.2) is 47.4 Å². The van der Waals surface area contributed by atoms with Crippen LogP contribution in [0.3, 0.4) is 0 Å². The molecule has 538 valence electrons. The molecule has 6 heteroatoms. The minimum Gasteiger partial charge on any atom is -0.466 e. The molecule has 0 heterocycles. The SMILES string of the molecule is CCCCC/C=C\C/C=C\CCCCCCCCCC(=O)OCCCCCCCCCCCCCC/C=C\CCCCCCCCCCCCCCCCCCC(=O)NC(CO)C(O)CCCCCCCCCCCCCCCCCCCCCCCCCCC. The van der Waals surface area contributed by atoms with Gasteiger partial charge in [0.15, 0.2) is 0 Å². The minimum atomic E-state index is -0.665. The number of carbonyl (C=O) groups is 2. The van der Waals surface area contributed by atoms with Crippen LogP contribution in [-0.2, 0) is 14.3 Å². The molecule has 0 bridgehead atoms.